The minimum Gasteiger partial charge on any atom is -0.508 e. The Morgan fingerprint density at radius 1 is 0.409 bits per heavy atom. The number of carboxylic acid groups (broad SMARTS) is 1. The Labute approximate surface area is 673 Å². The van der Waals surface area contributed by atoms with E-state index in [0.29, 0.717) is 84.7 Å². The lowest BCUT2D eigenvalue weighted by Crippen LogP contribution is -2.61. The van der Waals surface area contributed by atoms with E-state index in [0.717, 1.165) is 10.9 Å². The van der Waals surface area contributed by atoms with Crippen molar-refractivity contribution in [2.75, 3.05) is 31.6 Å². The Bertz CT molecular complexity index is 4090. The Hall–Kier alpha value is -10.7. The SMILES string of the molecule is CC[C@H](C)[C@H](N)C(=O)N[C@@H](CCCCN)C(=O)N[C@@H](CC(N)=O)C(=O)N[C@@H](C)C(=O)N[C@@H](Cc1c[nH]c2ccccc12)C(=O)N[C@@H](CCCCN)C(=O)N[C@@H](C)C(=O)N[C@@H](CCSC)C(=O)N[C@H](C(=O)N[C@@H](CCCCN)C(=O)N[C@@H](C)C(=O)N[C@@H](Cc1c[nH]c2ccccc12)C(=O)N[C@@H](Cc1ccc(O)cc1)C(=O)O)[C@@H](C)CC. The molecule has 3 aromatic carbocycles. The lowest BCUT2D eigenvalue weighted by Gasteiger charge is -2.29. The van der Waals surface area contributed by atoms with Crippen LogP contribution in [0, 0.1) is 11.8 Å². The van der Waals surface area contributed by atoms with Crippen molar-refractivity contribution < 1.29 is 77.3 Å². The number of primary amides is 1. The largest absolute Gasteiger partial charge is 0.508 e. The number of phenolic OH excluding ortho intramolecular Hbond substituents is 1. The molecule has 0 bridgehead atoms. The predicted molar refractivity (Wildman–Crippen MR) is 436 cm³/mol. The molecule has 0 saturated heterocycles. The summed E-state index contributed by atoms with van der Waals surface area (Å²) in [7, 11) is 0. The van der Waals surface area contributed by atoms with Crippen LogP contribution < -0.4 is 92.5 Å². The van der Waals surface area contributed by atoms with Crippen LogP contribution in [0.5, 0.6) is 5.75 Å². The van der Waals surface area contributed by atoms with Gasteiger partial charge in [-0.15, -0.1) is 0 Å². The Morgan fingerprint density at radius 2 is 0.765 bits per heavy atom. The van der Waals surface area contributed by atoms with Crippen LogP contribution in [-0.2, 0) is 86.4 Å². The quantitative estimate of drug-likeness (QED) is 0.0224. The number of phenols is 1. The summed E-state index contributed by atoms with van der Waals surface area (Å²) in [6.45, 7) is 11.8. The van der Waals surface area contributed by atoms with Crippen molar-refractivity contribution in [1.82, 2.24) is 73.8 Å². The number of thioether (sulfide) groups is 1. The van der Waals surface area contributed by atoms with Gasteiger partial charge in [0.2, 0.25) is 76.8 Å². The van der Waals surface area contributed by atoms with Crippen LogP contribution >= 0.6 is 11.8 Å². The summed E-state index contributed by atoms with van der Waals surface area (Å²) in [5.41, 5.74) is 32.2. The molecule has 0 radical (unpaired) electrons. The van der Waals surface area contributed by atoms with E-state index in [4.69, 9.17) is 28.7 Å². The third-order valence-electron chi connectivity index (χ3n) is 20.1. The van der Waals surface area contributed by atoms with Crippen molar-refractivity contribution in [2.24, 2.45) is 40.5 Å². The number of nitrogens with two attached hydrogens (primary N) is 5. The zero-order chi connectivity index (χ0) is 85.0. The number of benzene rings is 3. The molecule has 0 aliphatic rings. The number of amides is 13. The highest BCUT2D eigenvalue weighted by Gasteiger charge is 2.38. The number of aliphatic carboxylic acids is 1. The molecule has 2 heterocycles. The van der Waals surface area contributed by atoms with Gasteiger partial charge in [0.1, 0.15) is 78.3 Å². The molecule has 2 aromatic heterocycles. The molecule has 15 atom stereocenters. The second kappa shape index (κ2) is 48.5. The standard InChI is InChI=1S/C79H119N19O16S/c1-9-43(3)65(84)77(111)92-58(27-17-20-35-82)72(106)96-62(40-64(83)100)74(108)89-47(7)69(103)94-60(38-49-41-85-54-23-13-11-21-52(49)54)75(109)91-56(25-15-18-33-80)70(104)87-45(5)67(101)90-59(32-36-115-8)73(107)98-66(44(4)10-2)78(112)93-57(26-16-19-34-81)71(105)88-46(6)68(102)95-61(39-50-42-86-55-24-14-12-22-53(50)55)76(110)97-63(79(113)114)37-48-28-30-51(99)31-29-48/h11-14,21-24,28-31,41-47,56-63,65-66,85-86,99H,9-10,15-20,25-27,32-40,80-82,84H2,1-8H3,(H2,83,100)(H,87,104)(H,88,105)(H,89,108)(H,90,101)(H,91,109)(H,92,111)(H,93,112)(H,94,103)(H,95,102)(H,96,106)(H,97,110)(H,98,107)(H,113,114)/t43-,44-,45-,46-,47-,56-,57-,58-,59-,60-,61-,62-,63-,65-,66-/m0/s1. The molecule has 0 aliphatic heterocycles. The van der Waals surface area contributed by atoms with Crippen LogP contribution in [0.15, 0.2) is 85.2 Å². The summed E-state index contributed by atoms with van der Waals surface area (Å²) in [5, 5.41) is 53.2. The molecule has 36 heteroatoms. The molecule has 0 aliphatic carbocycles. The number of fused-ring (bicyclic) bond motifs is 2. The van der Waals surface area contributed by atoms with Crippen LogP contribution in [0.4, 0.5) is 0 Å². The number of aromatic amines is 2. The number of unbranched alkanes of at least 4 members (excludes halogenated alkanes) is 3. The second-order valence-corrected chi connectivity index (χ2v) is 30.1. The van der Waals surface area contributed by atoms with Gasteiger partial charge in [0.05, 0.1) is 12.5 Å². The first kappa shape index (κ1) is 94.9. The molecule has 115 heavy (non-hydrogen) atoms. The molecule has 632 valence electrons. The minimum absolute atomic E-state index is 0.0169. The third kappa shape index (κ3) is 30.5. The average Bonchev–Trinajstić information content (AvgIpc) is 1.70. The number of nitrogens with one attached hydrogen (secondary N) is 14. The van der Waals surface area contributed by atoms with Gasteiger partial charge in [-0.2, -0.15) is 11.8 Å². The average molecular weight is 1620 g/mol. The molecule has 13 amide bonds. The molecule has 5 rings (SSSR count). The molecular formula is C79H119N19O16S. The molecule has 35 nitrogen and oxygen atoms in total. The molecule has 0 saturated carbocycles. The molecule has 0 spiro atoms. The van der Waals surface area contributed by atoms with Gasteiger partial charge in [-0.1, -0.05) is 89.1 Å². The fourth-order valence-electron chi connectivity index (χ4n) is 12.6. The topological polar surface area (TPSA) is 585 Å². The number of hydrogen-bond acceptors (Lipinski definition) is 20. The number of para-hydroxylation sites is 2. The number of carbonyl (C=O) groups excluding carboxylic acids is 13. The van der Waals surface area contributed by atoms with E-state index in [1.165, 1.54) is 56.8 Å². The Kier molecular flexibility index (Phi) is 40.0. The zero-order valence-corrected chi connectivity index (χ0v) is 67.6. The summed E-state index contributed by atoms with van der Waals surface area (Å²) in [6, 6.07) is 2.50. The van der Waals surface area contributed by atoms with Gasteiger partial charge < -0.3 is 113 Å². The Morgan fingerprint density at radius 3 is 1.18 bits per heavy atom. The van der Waals surface area contributed by atoms with Gasteiger partial charge >= 0.3 is 5.97 Å². The van der Waals surface area contributed by atoms with Crippen molar-refractivity contribution in [3.8, 4) is 5.75 Å². The van der Waals surface area contributed by atoms with Crippen molar-refractivity contribution in [3.63, 3.8) is 0 Å². The number of carboxylic acids is 1. The van der Waals surface area contributed by atoms with Crippen LogP contribution in [0.1, 0.15) is 149 Å². The first-order valence-electron chi connectivity index (χ1n) is 39.2. The molecule has 26 N–H and O–H groups in total. The second-order valence-electron chi connectivity index (χ2n) is 29.1. The smallest absolute Gasteiger partial charge is 0.326 e. The number of aromatic hydroxyl groups is 1. The lowest BCUT2D eigenvalue weighted by atomic mass is 9.96. The first-order chi connectivity index (χ1) is 54.8. The normalized spacial score (nSPS) is 15.2. The van der Waals surface area contributed by atoms with Crippen molar-refractivity contribution in [1.29, 1.82) is 0 Å². The van der Waals surface area contributed by atoms with Crippen LogP contribution in [-0.4, -0.2) is 213 Å². The highest BCUT2D eigenvalue weighted by Crippen LogP contribution is 2.23. The summed E-state index contributed by atoms with van der Waals surface area (Å²) < 4.78 is 0. The van der Waals surface area contributed by atoms with E-state index in [9.17, 15) is 77.3 Å². The van der Waals surface area contributed by atoms with E-state index in [-0.39, 0.29) is 76.2 Å². The van der Waals surface area contributed by atoms with E-state index in [2.05, 4.69) is 73.8 Å². The van der Waals surface area contributed by atoms with E-state index < -0.39 is 174 Å². The van der Waals surface area contributed by atoms with Crippen molar-refractivity contribution in [2.45, 2.75) is 230 Å². The molecule has 0 fully saturated rings. The number of rotatable bonds is 52. The van der Waals surface area contributed by atoms with Gasteiger partial charge in [0.25, 0.3) is 0 Å². The summed E-state index contributed by atoms with van der Waals surface area (Å²) in [4.78, 5) is 202. The number of hydrogen-bond donors (Lipinski definition) is 21. The number of aromatic nitrogens is 2. The van der Waals surface area contributed by atoms with Crippen LogP contribution in [0.3, 0.4) is 0 Å². The Balaban J connectivity index is 1.31. The van der Waals surface area contributed by atoms with Gasteiger partial charge in [-0.25, -0.2) is 4.79 Å². The van der Waals surface area contributed by atoms with Gasteiger partial charge in [-0.05, 0) is 169 Å². The molecule has 5 aromatic rings. The highest BCUT2D eigenvalue weighted by atomic mass is 32.2. The predicted octanol–water partition coefficient (Wildman–Crippen LogP) is -0.220. The lowest BCUT2D eigenvalue weighted by molar-refractivity contribution is -0.142. The maximum Gasteiger partial charge on any atom is 0.326 e. The van der Waals surface area contributed by atoms with Gasteiger partial charge in [0.15, 0.2) is 0 Å². The molecular weight excluding hydrogens is 1500 g/mol. The number of carbonyl (C=O) groups is 14. The zero-order valence-electron chi connectivity index (χ0n) is 66.8. The highest BCUT2D eigenvalue weighted by molar-refractivity contribution is 7.98. The van der Waals surface area contributed by atoms with Gasteiger partial charge in [0, 0.05) is 53.5 Å². The molecule has 0 unspecified atom stereocenters. The van der Waals surface area contributed by atoms with Crippen molar-refractivity contribution >= 4 is 116 Å². The van der Waals surface area contributed by atoms with Crippen molar-refractivity contribution in [3.05, 3.63) is 102 Å². The fourth-order valence-corrected chi connectivity index (χ4v) is 13.0. The fraction of sp³-hybridized carbons (Fsp3) is 0.544. The maximum atomic E-state index is 14.8. The third-order valence-corrected chi connectivity index (χ3v) is 20.7. The van der Waals surface area contributed by atoms with Gasteiger partial charge in [-0.3, -0.25) is 62.3 Å². The van der Waals surface area contributed by atoms with E-state index in [1.54, 1.807) is 69.8 Å². The number of H-pyrrole nitrogens is 2. The van der Waals surface area contributed by atoms with Crippen LogP contribution in [0.2, 0.25) is 0 Å². The minimum atomic E-state index is -1.65. The summed E-state index contributed by atoms with van der Waals surface area (Å²) in [5.74, 6) is -12.9. The summed E-state index contributed by atoms with van der Waals surface area (Å²) in [6.07, 6.45) is 7.28. The van der Waals surface area contributed by atoms with E-state index >= 15 is 0 Å². The first-order valence-corrected chi connectivity index (χ1v) is 40.6. The van der Waals surface area contributed by atoms with Crippen LogP contribution in [0.25, 0.3) is 21.8 Å². The summed E-state index contributed by atoms with van der Waals surface area (Å²) >= 11 is 1.35. The monoisotopic (exact) mass is 1620 g/mol. The van der Waals surface area contributed by atoms with E-state index in [1.807, 2.05) is 25.1 Å². The maximum absolute atomic E-state index is 14.8.